The SMILES string of the molecule is C=CCC(CCC)CC[PH]1(O)CCCO1. The molecule has 0 aromatic rings. The van der Waals surface area contributed by atoms with Crippen molar-refractivity contribution in [1.29, 1.82) is 0 Å². The fourth-order valence-corrected chi connectivity index (χ4v) is 4.95. The second kappa shape index (κ2) is 6.62. The molecule has 1 saturated heterocycles. The van der Waals surface area contributed by atoms with E-state index >= 15 is 0 Å². The third-order valence-electron chi connectivity index (χ3n) is 3.22. The molecular weight excluding hydrogens is 207 g/mol. The summed E-state index contributed by atoms with van der Waals surface area (Å²) in [5.74, 6) is 0.702. The number of rotatable bonds is 7. The maximum absolute atomic E-state index is 10.2. The van der Waals surface area contributed by atoms with E-state index in [2.05, 4.69) is 13.5 Å². The zero-order chi connectivity index (χ0) is 11.1. The fraction of sp³-hybridized carbons (Fsp3) is 0.833. The van der Waals surface area contributed by atoms with E-state index in [-0.39, 0.29) is 0 Å². The minimum absolute atomic E-state index is 0.702. The van der Waals surface area contributed by atoms with E-state index in [9.17, 15) is 4.89 Å². The van der Waals surface area contributed by atoms with Crippen LogP contribution in [0.15, 0.2) is 12.7 Å². The van der Waals surface area contributed by atoms with Gasteiger partial charge in [-0.05, 0) is 0 Å². The molecule has 0 spiro atoms. The molecule has 1 atom stereocenters. The van der Waals surface area contributed by atoms with Crippen molar-refractivity contribution in [3.8, 4) is 0 Å². The van der Waals surface area contributed by atoms with Gasteiger partial charge in [0.25, 0.3) is 0 Å². The molecule has 1 fully saturated rings. The van der Waals surface area contributed by atoms with E-state index in [1.807, 2.05) is 6.08 Å². The Bertz CT molecular complexity index is 188. The summed E-state index contributed by atoms with van der Waals surface area (Å²) < 4.78 is 5.52. The standard InChI is InChI=1S/C12H25O2P/c1-3-6-12(7-4-2)8-11-15(13)10-5-9-14-15/h3,12-13,15H,1,4-11H2,2H3. The van der Waals surface area contributed by atoms with Crippen molar-refractivity contribution >= 4 is 7.72 Å². The van der Waals surface area contributed by atoms with Crippen LogP contribution in [0.2, 0.25) is 0 Å². The monoisotopic (exact) mass is 232 g/mol. The van der Waals surface area contributed by atoms with Gasteiger partial charge in [0, 0.05) is 0 Å². The Morgan fingerprint density at radius 1 is 1.53 bits per heavy atom. The molecule has 3 heteroatoms. The van der Waals surface area contributed by atoms with Crippen molar-refractivity contribution in [2.75, 3.05) is 18.9 Å². The maximum atomic E-state index is 10.2. The van der Waals surface area contributed by atoms with Gasteiger partial charge in [0.1, 0.15) is 0 Å². The molecule has 1 aliphatic rings. The molecule has 1 unspecified atom stereocenters. The van der Waals surface area contributed by atoms with Crippen LogP contribution >= 0.6 is 7.72 Å². The molecule has 1 rings (SSSR count). The van der Waals surface area contributed by atoms with Gasteiger partial charge >= 0.3 is 93.7 Å². The minimum atomic E-state index is -2.24. The van der Waals surface area contributed by atoms with Crippen molar-refractivity contribution in [3.05, 3.63) is 12.7 Å². The Balaban J connectivity index is 2.28. The molecule has 2 nitrogen and oxygen atoms in total. The summed E-state index contributed by atoms with van der Waals surface area (Å²) >= 11 is 0. The molecule has 1 N–H and O–H groups in total. The second-order valence-corrected chi connectivity index (χ2v) is 7.80. The number of hydrogen-bond acceptors (Lipinski definition) is 2. The first-order valence-corrected chi connectivity index (χ1v) is 8.44. The molecular formula is C12H25O2P. The number of allylic oxidation sites excluding steroid dienone is 1. The van der Waals surface area contributed by atoms with Gasteiger partial charge in [-0.2, -0.15) is 0 Å². The topological polar surface area (TPSA) is 29.5 Å². The van der Waals surface area contributed by atoms with Gasteiger partial charge in [-0.3, -0.25) is 0 Å². The summed E-state index contributed by atoms with van der Waals surface area (Å²) in [4.78, 5) is 10.2. The molecule has 0 bridgehead atoms. The van der Waals surface area contributed by atoms with Crippen LogP contribution in [0.4, 0.5) is 0 Å². The molecule has 15 heavy (non-hydrogen) atoms. The normalized spacial score (nSPS) is 23.6. The van der Waals surface area contributed by atoms with Gasteiger partial charge in [-0.1, -0.05) is 0 Å². The first-order chi connectivity index (χ1) is 7.20. The Labute approximate surface area is 94.2 Å². The predicted octanol–water partition coefficient (Wildman–Crippen LogP) is 3.36. The van der Waals surface area contributed by atoms with Gasteiger partial charge in [-0.15, -0.1) is 0 Å². The van der Waals surface area contributed by atoms with E-state index in [0.717, 1.165) is 38.2 Å². The molecule has 0 aromatic heterocycles. The first-order valence-electron chi connectivity index (χ1n) is 6.17. The van der Waals surface area contributed by atoms with E-state index in [0.29, 0.717) is 5.92 Å². The molecule has 0 amide bonds. The third-order valence-corrected chi connectivity index (χ3v) is 6.17. The third kappa shape index (κ3) is 4.63. The summed E-state index contributed by atoms with van der Waals surface area (Å²) in [5, 5.41) is 0. The van der Waals surface area contributed by atoms with Crippen molar-refractivity contribution in [1.82, 2.24) is 0 Å². The van der Waals surface area contributed by atoms with Gasteiger partial charge < -0.3 is 0 Å². The molecule has 0 aliphatic carbocycles. The average Bonchev–Trinajstić information content (AvgIpc) is 2.63. The van der Waals surface area contributed by atoms with E-state index in [4.69, 9.17) is 4.52 Å². The van der Waals surface area contributed by atoms with Crippen molar-refractivity contribution in [3.63, 3.8) is 0 Å². The second-order valence-electron chi connectivity index (χ2n) is 4.62. The summed E-state index contributed by atoms with van der Waals surface area (Å²) in [7, 11) is -2.24. The van der Waals surface area contributed by atoms with Crippen molar-refractivity contribution < 1.29 is 9.42 Å². The van der Waals surface area contributed by atoms with Crippen LogP contribution in [0.25, 0.3) is 0 Å². The van der Waals surface area contributed by atoms with Crippen LogP contribution in [-0.2, 0) is 4.52 Å². The Hall–Kier alpha value is 0.0900. The molecule has 0 saturated carbocycles. The van der Waals surface area contributed by atoms with E-state index in [1.54, 1.807) is 0 Å². The van der Waals surface area contributed by atoms with Crippen molar-refractivity contribution in [2.45, 2.75) is 39.0 Å². The van der Waals surface area contributed by atoms with Crippen LogP contribution in [0.1, 0.15) is 39.0 Å². The van der Waals surface area contributed by atoms with Crippen LogP contribution in [0, 0.1) is 5.92 Å². The van der Waals surface area contributed by atoms with Crippen LogP contribution in [-0.4, -0.2) is 23.8 Å². The summed E-state index contributed by atoms with van der Waals surface area (Å²) in [5.41, 5.74) is 0. The molecule has 0 aromatic carbocycles. The molecule has 90 valence electrons. The van der Waals surface area contributed by atoms with Gasteiger partial charge in [0.15, 0.2) is 0 Å². The first kappa shape index (κ1) is 13.2. The van der Waals surface area contributed by atoms with Gasteiger partial charge in [0.2, 0.25) is 0 Å². The van der Waals surface area contributed by atoms with Crippen LogP contribution < -0.4 is 0 Å². The predicted molar refractivity (Wildman–Crippen MR) is 68.7 cm³/mol. The van der Waals surface area contributed by atoms with Gasteiger partial charge in [0.05, 0.1) is 0 Å². The van der Waals surface area contributed by atoms with Crippen molar-refractivity contribution in [2.24, 2.45) is 5.92 Å². The molecule has 1 heterocycles. The summed E-state index contributed by atoms with van der Waals surface area (Å²) in [6.07, 6.45) is 9.59. The Morgan fingerprint density at radius 3 is 2.87 bits per heavy atom. The summed E-state index contributed by atoms with van der Waals surface area (Å²) in [6.45, 7) is 6.79. The Kier molecular flexibility index (Phi) is 5.81. The zero-order valence-corrected chi connectivity index (χ0v) is 10.9. The van der Waals surface area contributed by atoms with E-state index in [1.165, 1.54) is 12.8 Å². The van der Waals surface area contributed by atoms with Crippen LogP contribution in [0.5, 0.6) is 0 Å². The van der Waals surface area contributed by atoms with E-state index < -0.39 is 7.72 Å². The quantitative estimate of drug-likeness (QED) is 0.538. The summed E-state index contributed by atoms with van der Waals surface area (Å²) in [6, 6.07) is 0. The zero-order valence-electron chi connectivity index (χ0n) is 9.87. The van der Waals surface area contributed by atoms with Crippen LogP contribution in [0.3, 0.4) is 0 Å². The number of hydrogen-bond donors (Lipinski definition) is 1. The Morgan fingerprint density at radius 2 is 2.33 bits per heavy atom. The van der Waals surface area contributed by atoms with Gasteiger partial charge in [-0.25, -0.2) is 0 Å². The molecule has 0 radical (unpaired) electrons. The molecule has 1 aliphatic heterocycles. The average molecular weight is 232 g/mol. The fourth-order valence-electron chi connectivity index (χ4n) is 2.33.